The topological polar surface area (TPSA) is 27.7 Å². The molecule has 0 aliphatic rings. The fourth-order valence-electron chi connectivity index (χ4n) is 2.83. The standard InChI is InChI=1S/C21H36F2O3Si/c1-4-14-24-27(25-15-5-2,26-16-6-3)17-10-8-7-9-11-19-12-13-20(22)21(23)18-19/h12-13,18H,4-11,14-17H2,1-3H3. The normalized spacial score (nSPS) is 11.9. The zero-order chi connectivity index (χ0) is 20.0. The molecule has 0 unspecified atom stereocenters. The molecule has 0 aliphatic carbocycles. The maximum Gasteiger partial charge on any atom is 0.500 e. The number of halogens is 2. The highest BCUT2D eigenvalue weighted by molar-refractivity contribution is 6.60. The van der Waals surface area contributed by atoms with Gasteiger partial charge in [0, 0.05) is 25.9 Å². The molecule has 0 fully saturated rings. The van der Waals surface area contributed by atoms with Crippen LogP contribution in [0, 0.1) is 11.6 Å². The molecule has 0 aromatic heterocycles. The summed E-state index contributed by atoms with van der Waals surface area (Å²) >= 11 is 0. The van der Waals surface area contributed by atoms with Gasteiger partial charge in [0.2, 0.25) is 0 Å². The van der Waals surface area contributed by atoms with Crippen LogP contribution in [0.3, 0.4) is 0 Å². The Morgan fingerprint density at radius 2 is 1.30 bits per heavy atom. The summed E-state index contributed by atoms with van der Waals surface area (Å²) in [7, 11) is -2.59. The van der Waals surface area contributed by atoms with Gasteiger partial charge in [0.15, 0.2) is 11.6 Å². The Balaban J connectivity index is 2.40. The summed E-state index contributed by atoms with van der Waals surface area (Å²) in [5.74, 6) is -1.55. The predicted octanol–water partition coefficient (Wildman–Crippen LogP) is 6.29. The Labute approximate surface area is 164 Å². The van der Waals surface area contributed by atoms with Gasteiger partial charge in [0.05, 0.1) is 0 Å². The van der Waals surface area contributed by atoms with Crippen LogP contribution in [0.25, 0.3) is 0 Å². The van der Waals surface area contributed by atoms with Crippen LogP contribution >= 0.6 is 0 Å². The van der Waals surface area contributed by atoms with Crippen molar-refractivity contribution in [3.63, 3.8) is 0 Å². The molecule has 1 aromatic rings. The van der Waals surface area contributed by atoms with Gasteiger partial charge in [-0.2, -0.15) is 0 Å². The fraction of sp³-hybridized carbons (Fsp3) is 0.714. The quantitative estimate of drug-likeness (QED) is 0.240. The average Bonchev–Trinajstić information content (AvgIpc) is 2.68. The van der Waals surface area contributed by atoms with Crippen LogP contribution in [0.15, 0.2) is 18.2 Å². The number of benzene rings is 1. The maximum absolute atomic E-state index is 13.2. The first kappa shape index (κ1) is 24.2. The Morgan fingerprint density at radius 1 is 0.741 bits per heavy atom. The third-order valence-electron chi connectivity index (χ3n) is 4.26. The average molecular weight is 403 g/mol. The van der Waals surface area contributed by atoms with E-state index in [9.17, 15) is 8.78 Å². The number of hydrogen-bond acceptors (Lipinski definition) is 3. The maximum atomic E-state index is 13.2. The van der Waals surface area contributed by atoms with Gasteiger partial charge in [0.1, 0.15) is 0 Å². The highest BCUT2D eigenvalue weighted by atomic mass is 28.4. The lowest BCUT2D eigenvalue weighted by molar-refractivity contribution is 0.0586. The lowest BCUT2D eigenvalue weighted by atomic mass is 10.1. The van der Waals surface area contributed by atoms with E-state index >= 15 is 0 Å². The Hall–Kier alpha value is -0.823. The van der Waals surface area contributed by atoms with Crippen LogP contribution in [-0.2, 0) is 19.7 Å². The van der Waals surface area contributed by atoms with E-state index in [1.54, 1.807) is 6.07 Å². The van der Waals surface area contributed by atoms with E-state index in [4.69, 9.17) is 13.3 Å². The zero-order valence-corrected chi connectivity index (χ0v) is 18.2. The van der Waals surface area contributed by atoms with Crippen molar-refractivity contribution in [2.45, 2.75) is 78.2 Å². The first-order valence-electron chi connectivity index (χ1n) is 10.4. The molecule has 0 heterocycles. The van der Waals surface area contributed by atoms with Gasteiger partial charge < -0.3 is 13.3 Å². The Morgan fingerprint density at radius 3 is 1.81 bits per heavy atom. The molecule has 0 spiro atoms. The molecular formula is C21H36F2O3Si. The van der Waals surface area contributed by atoms with E-state index in [0.29, 0.717) is 19.8 Å². The van der Waals surface area contributed by atoms with Crippen LogP contribution in [0.1, 0.15) is 71.3 Å². The molecule has 1 rings (SSSR count). The largest absolute Gasteiger partial charge is 0.500 e. The van der Waals surface area contributed by atoms with Gasteiger partial charge in [-0.3, -0.25) is 0 Å². The molecule has 6 heteroatoms. The minimum absolute atomic E-state index is 0.676. The monoisotopic (exact) mass is 402 g/mol. The van der Waals surface area contributed by atoms with Crippen molar-refractivity contribution in [1.82, 2.24) is 0 Å². The van der Waals surface area contributed by atoms with Crippen molar-refractivity contribution >= 4 is 8.80 Å². The molecular weight excluding hydrogens is 366 g/mol. The SMILES string of the molecule is CCCO[Si](CCCCCCc1ccc(F)c(F)c1)(OCCC)OCCC. The molecule has 0 aliphatic heterocycles. The first-order valence-corrected chi connectivity index (χ1v) is 12.4. The second-order valence-electron chi connectivity index (χ2n) is 6.89. The second-order valence-corrected chi connectivity index (χ2v) is 9.62. The lowest BCUT2D eigenvalue weighted by Gasteiger charge is -2.29. The van der Waals surface area contributed by atoms with Crippen LogP contribution in [0.5, 0.6) is 0 Å². The summed E-state index contributed by atoms with van der Waals surface area (Å²) < 4.78 is 44.5. The van der Waals surface area contributed by atoms with E-state index in [1.807, 2.05) is 0 Å². The van der Waals surface area contributed by atoms with Gasteiger partial charge in [-0.25, -0.2) is 8.78 Å². The van der Waals surface area contributed by atoms with E-state index in [0.717, 1.165) is 63.0 Å². The van der Waals surface area contributed by atoms with Crippen molar-refractivity contribution < 1.29 is 22.1 Å². The highest BCUT2D eigenvalue weighted by Gasteiger charge is 2.40. The number of hydrogen-bond donors (Lipinski definition) is 0. The molecule has 1 aromatic carbocycles. The van der Waals surface area contributed by atoms with E-state index < -0.39 is 20.4 Å². The van der Waals surface area contributed by atoms with Gasteiger partial charge in [-0.05, 0) is 56.2 Å². The molecule has 3 nitrogen and oxygen atoms in total. The smallest absolute Gasteiger partial charge is 0.373 e. The van der Waals surface area contributed by atoms with E-state index in [1.165, 1.54) is 12.1 Å². The first-order chi connectivity index (χ1) is 13.1. The summed E-state index contributed by atoms with van der Waals surface area (Å²) in [5, 5.41) is 0. The molecule has 0 saturated carbocycles. The molecule has 0 N–H and O–H groups in total. The minimum atomic E-state index is -2.59. The van der Waals surface area contributed by atoms with E-state index in [-0.39, 0.29) is 0 Å². The summed E-state index contributed by atoms with van der Waals surface area (Å²) in [6, 6.07) is 5.00. The molecule has 0 atom stereocenters. The van der Waals surface area contributed by atoms with E-state index in [2.05, 4.69) is 20.8 Å². The summed E-state index contributed by atoms with van der Waals surface area (Å²) in [6.45, 7) is 8.31. The van der Waals surface area contributed by atoms with Crippen molar-refractivity contribution in [2.24, 2.45) is 0 Å². The summed E-state index contributed by atoms with van der Waals surface area (Å²) in [4.78, 5) is 0. The molecule has 0 bridgehead atoms. The van der Waals surface area contributed by atoms with Crippen molar-refractivity contribution in [3.05, 3.63) is 35.4 Å². The molecule has 0 radical (unpaired) electrons. The van der Waals surface area contributed by atoms with Crippen LogP contribution in [-0.4, -0.2) is 28.6 Å². The fourth-order valence-corrected chi connectivity index (χ4v) is 5.74. The van der Waals surface area contributed by atoms with Crippen molar-refractivity contribution in [3.8, 4) is 0 Å². The second kappa shape index (κ2) is 14.2. The Bertz CT molecular complexity index is 492. The van der Waals surface area contributed by atoms with Crippen molar-refractivity contribution in [1.29, 1.82) is 0 Å². The minimum Gasteiger partial charge on any atom is -0.373 e. The highest BCUT2D eigenvalue weighted by Crippen LogP contribution is 2.22. The summed E-state index contributed by atoms with van der Waals surface area (Å²) in [6.07, 6.45) is 7.68. The van der Waals surface area contributed by atoms with Gasteiger partial charge in [0.25, 0.3) is 0 Å². The van der Waals surface area contributed by atoms with Crippen LogP contribution in [0.4, 0.5) is 8.78 Å². The predicted molar refractivity (Wildman–Crippen MR) is 108 cm³/mol. The number of aryl methyl sites for hydroxylation is 1. The number of unbranched alkanes of at least 4 members (excludes halogenated alkanes) is 3. The third kappa shape index (κ3) is 9.79. The number of rotatable bonds is 16. The van der Waals surface area contributed by atoms with Crippen LogP contribution in [0.2, 0.25) is 6.04 Å². The van der Waals surface area contributed by atoms with Crippen molar-refractivity contribution in [2.75, 3.05) is 19.8 Å². The lowest BCUT2D eigenvalue weighted by Crippen LogP contribution is -2.46. The third-order valence-corrected chi connectivity index (χ3v) is 7.16. The molecule has 0 saturated heterocycles. The molecule has 27 heavy (non-hydrogen) atoms. The van der Waals surface area contributed by atoms with Gasteiger partial charge >= 0.3 is 8.80 Å². The molecule has 156 valence electrons. The molecule has 0 amide bonds. The van der Waals surface area contributed by atoms with Gasteiger partial charge in [-0.1, -0.05) is 39.7 Å². The van der Waals surface area contributed by atoms with Crippen LogP contribution < -0.4 is 0 Å². The summed E-state index contributed by atoms with van der Waals surface area (Å²) in [5.41, 5.74) is 0.849. The van der Waals surface area contributed by atoms with Gasteiger partial charge in [-0.15, -0.1) is 0 Å². The zero-order valence-electron chi connectivity index (χ0n) is 17.2. The Kier molecular flexibility index (Phi) is 12.7.